The lowest BCUT2D eigenvalue weighted by molar-refractivity contribution is -0.384. The molecule has 0 atom stereocenters. The first-order valence-electron chi connectivity index (χ1n) is 6.48. The molecule has 1 aromatic heterocycles. The highest BCUT2D eigenvalue weighted by atomic mass is 16.6. The van der Waals surface area contributed by atoms with Crippen LogP contribution < -0.4 is 5.32 Å². The number of nitro groups is 1. The number of rotatable bonds is 6. The molecule has 0 bridgehead atoms. The molecule has 0 aliphatic rings. The van der Waals surface area contributed by atoms with E-state index in [4.69, 9.17) is 0 Å². The van der Waals surface area contributed by atoms with Crippen LogP contribution in [0.2, 0.25) is 0 Å². The average molecular weight is 302 g/mol. The molecule has 0 fully saturated rings. The molecule has 0 saturated heterocycles. The molecule has 2 rings (SSSR count). The summed E-state index contributed by atoms with van der Waals surface area (Å²) in [4.78, 5) is 36.9. The summed E-state index contributed by atoms with van der Waals surface area (Å²) in [6.45, 7) is 1.71. The smallest absolute Gasteiger partial charge is 0.293 e. The van der Waals surface area contributed by atoms with E-state index in [0.717, 1.165) is 0 Å². The number of carbonyl (C=O) groups excluding carboxylic acids is 2. The van der Waals surface area contributed by atoms with Crippen molar-refractivity contribution in [3.8, 4) is 0 Å². The van der Waals surface area contributed by atoms with Crippen LogP contribution >= 0.6 is 0 Å². The normalized spacial score (nSPS) is 10.2. The minimum absolute atomic E-state index is 0.0747. The van der Waals surface area contributed by atoms with E-state index in [9.17, 15) is 19.7 Å². The summed E-state index contributed by atoms with van der Waals surface area (Å²) in [5, 5.41) is 13.5. The molecule has 22 heavy (non-hydrogen) atoms. The van der Waals surface area contributed by atoms with E-state index in [1.54, 1.807) is 29.4 Å². The predicted molar refractivity (Wildman–Crippen MR) is 78.4 cm³/mol. The van der Waals surface area contributed by atoms with Crippen molar-refractivity contribution in [2.24, 2.45) is 0 Å². The van der Waals surface area contributed by atoms with E-state index < -0.39 is 10.8 Å². The van der Waals surface area contributed by atoms with E-state index in [-0.39, 0.29) is 23.6 Å². The number of aromatic nitrogens is 2. The fourth-order valence-corrected chi connectivity index (χ4v) is 1.94. The summed E-state index contributed by atoms with van der Waals surface area (Å²) in [5.74, 6) is -0.880. The fourth-order valence-electron chi connectivity index (χ4n) is 1.94. The third-order valence-electron chi connectivity index (χ3n) is 2.87. The van der Waals surface area contributed by atoms with Gasteiger partial charge < -0.3 is 9.88 Å². The Labute approximate surface area is 125 Å². The molecule has 0 spiro atoms. The standard InChI is InChI=1S/C14H14N4O4/c1-10(19)6-14(20)16-12-3-2-11(7-13(12)18(21)22)8-17-5-4-15-9-17/h2-5,7,9H,6,8H2,1H3,(H,16,20). The van der Waals surface area contributed by atoms with Crippen molar-refractivity contribution in [1.29, 1.82) is 0 Å². The zero-order chi connectivity index (χ0) is 16.1. The zero-order valence-corrected chi connectivity index (χ0v) is 11.9. The third kappa shape index (κ3) is 3.98. The Kier molecular flexibility index (Phi) is 4.62. The van der Waals surface area contributed by atoms with Gasteiger partial charge in [0.05, 0.1) is 17.7 Å². The van der Waals surface area contributed by atoms with Gasteiger partial charge >= 0.3 is 0 Å². The lowest BCUT2D eigenvalue weighted by atomic mass is 10.1. The molecule has 0 aliphatic carbocycles. The topological polar surface area (TPSA) is 107 Å². The van der Waals surface area contributed by atoms with Crippen molar-refractivity contribution in [3.63, 3.8) is 0 Å². The van der Waals surface area contributed by atoms with E-state index >= 15 is 0 Å². The lowest BCUT2D eigenvalue weighted by Gasteiger charge is -2.08. The molecular weight excluding hydrogens is 288 g/mol. The van der Waals surface area contributed by atoms with E-state index in [1.807, 2.05) is 0 Å². The van der Waals surface area contributed by atoms with Gasteiger partial charge in [0.15, 0.2) is 0 Å². The van der Waals surface area contributed by atoms with Crippen LogP contribution in [0, 0.1) is 10.1 Å². The van der Waals surface area contributed by atoms with Crippen molar-refractivity contribution in [3.05, 3.63) is 52.6 Å². The first-order chi connectivity index (χ1) is 10.5. The number of amides is 1. The Balaban J connectivity index is 2.21. The molecule has 8 nitrogen and oxygen atoms in total. The lowest BCUT2D eigenvalue weighted by Crippen LogP contribution is -2.15. The third-order valence-corrected chi connectivity index (χ3v) is 2.87. The number of Topliss-reactive ketones (excluding diaryl/α,β-unsaturated/α-hetero) is 1. The average Bonchev–Trinajstić information content (AvgIpc) is 2.92. The van der Waals surface area contributed by atoms with E-state index in [0.29, 0.717) is 12.1 Å². The highest BCUT2D eigenvalue weighted by Gasteiger charge is 2.17. The Hall–Kier alpha value is -3.03. The van der Waals surface area contributed by atoms with Crippen molar-refractivity contribution < 1.29 is 14.5 Å². The Morgan fingerprint density at radius 2 is 2.18 bits per heavy atom. The summed E-state index contributed by atoms with van der Waals surface area (Å²) >= 11 is 0. The minimum Gasteiger partial charge on any atom is -0.333 e. The van der Waals surface area contributed by atoms with Crippen LogP contribution in [0.25, 0.3) is 0 Å². The summed E-state index contributed by atoms with van der Waals surface area (Å²) in [7, 11) is 0. The molecule has 0 radical (unpaired) electrons. The molecule has 114 valence electrons. The van der Waals surface area contributed by atoms with Crippen molar-refractivity contribution in [2.45, 2.75) is 19.9 Å². The number of nitrogens with one attached hydrogen (secondary N) is 1. The Bertz CT molecular complexity index is 710. The van der Waals surface area contributed by atoms with Crippen molar-refractivity contribution in [1.82, 2.24) is 9.55 Å². The van der Waals surface area contributed by atoms with Crippen LogP contribution in [-0.2, 0) is 16.1 Å². The molecule has 1 N–H and O–H groups in total. The molecule has 0 aliphatic heterocycles. The number of anilines is 1. The van der Waals surface area contributed by atoms with Gasteiger partial charge in [-0.2, -0.15) is 0 Å². The number of nitrogens with zero attached hydrogens (tertiary/aromatic N) is 3. The van der Waals surface area contributed by atoms with Gasteiger partial charge in [0.2, 0.25) is 5.91 Å². The Morgan fingerprint density at radius 3 is 2.77 bits per heavy atom. The van der Waals surface area contributed by atoms with E-state index in [1.165, 1.54) is 19.1 Å². The second kappa shape index (κ2) is 6.61. The summed E-state index contributed by atoms with van der Waals surface area (Å²) in [6.07, 6.45) is 4.65. The van der Waals surface area contributed by atoms with Gasteiger partial charge in [0.25, 0.3) is 5.69 Å². The Morgan fingerprint density at radius 1 is 1.41 bits per heavy atom. The number of hydrogen-bond donors (Lipinski definition) is 1. The van der Waals surface area contributed by atoms with Crippen LogP contribution in [0.3, 0.4) is 0 Å². The maximum absolute atomic E-state index is 11.6. The molecule has 1 aromatic carbocycles. The van der Waals surface area contributed by atoms with Gasteiger partial charge in [-0.1, -0.05) is 6.07 Å². The summed E-state index contributed by atoms with van der Waals surface area (Å²) in [5.41, 5.74) is 0.564. The maximum Gasteiger partial charge on any atom is 0.293 e. The largest absolute Gasteiger partial charge is 0.333 e. The monoisotopic (exact) mass is 302 g/mol. The summed E-state index contributed by atoms with van der Waals surface area (Å²) < 4.78 is 1.77. The molecule has 0 saturated carbocycles. The second-order valence-corrected chi connectivity index (χ2v) is 4.77. The van der Waals surface area contributed by atoms with Gasteiger partial charge in [-0.3, -0.25) is 19.7 Å². The van der Waals surface area contributed by atoms with Crippen molar-refractivity contribution in [2.75, 3.05) is 5.32 Å². The SMILES string of the molecule is CC(=O)CC(=O)Nc1ccc(Cn2ccnc2)cc1[N+](=O)[O-]. The van der Waals surface area contributed by atoms with Crippen LogP contribution in [0.15, 0.2) is 36.9 Å². The molecule has 1 heterocycles. The number of nitro benzene ring substituents is 1. The van der Waals surface area contributed by atoms with Crippen LogP contribution in [0.1, 0.15) is 18.9 Å². The number of benzene rings is 1. The minimum atomic E-state index is -0.571. The van der Waals surface area contributed by atoms with Gasteiger partial charge in [-0.15, -0.1) is 0 Å². The number of hydrogen-bond acceptors (Lipinski definition) is 5. The zero-order valence-electron chi connectivity index (χ0n) is 11.9. The quantitative estimate of drug-likeness (QED) is 0.497. The maximum atomic E-state index is 11.6. The molecular formula is C14H14N4O4. The van der Waals surface area contributed by atoms with Gasteiger partial charge in [0.1, 0.15) is 11.5 Å². The van der Waals surface area contributed by atoms with Gasteiger partial charge in [0, 0.05) is 25.0 Å². The number of carbonyl (C=O) groups is 2. The molecule has 8 heteroatoms. The highest BCUT2D eigenvalue weighted by Crippen LogP contribution is 2.26. The van der Waals surface area contributed by atoms with Gasteiger partial charge in [-0.05, 0) is 18.6 Å². The second-order valence-electron chi connectivity index (χ2n) is 4.77. The summed E-state index contributed by atoms with van der Waals surface area (Å²) in [6, 6.07) is 4.53. The number of ketones is 1. The van der Waals surface area contributed by atoms with Crippen LogP contribution in [0.4, 0.5) is 11.4 Å². The van der Waals surface area contributed by atoms with Crippen LogP contribution in [-0.4, -0.2) is 26.2 Å². The molecule has 2 aromatic rings. The predicted octanol–water partition coefficient (Wildman–Crippen LogP) is 1.76. The molecule has 0 unspecified atom stereocenters. The fraction of sp³-hybridized carbons (Fsp3) is 0.214. The first-order valence-corrected chi connectivity index (χ1v) is 6.48. The van der Waals surface area contributed by atoms with Crippen molar-refractivity contribution >= 4 is 23.1 Å². The molecule has 1 amide bonds. The number of imidazole rings is 1. The van der Waals surface area contributed by atoms with E-state index in [2.05, 4.69) is 10.3 Å². The highest BCUT2D eigenvalue weighted by molar-refractivity contribution is 6.04. The van der Waals surface area contributed by atoms with Gasteiger partial charge in [-0.25, -0.2) is 4.98 Å². The van der Waals surface area contributed by atoms with Crippen LogP contribution in [0.5, 0.6) is 0 Å². The first kappa shape index (κ1) is 15.4.